The molecule has 0 aliphatic carbocycles. The van der Waals surface area contributed by atoms with E-state index in [9.17, 15) is 8.78 Å². The molecule has 3 rings (SSSR count). The lowest BCUT2D eigenvalue weighted by atomic mass is 9.97. The fourth-order valence-electron chi connectivity index (χ4n) is 4.50. The summed E-state index contributed by atoms with van der Waals surface area (Å²) in [6.45, 7) is 10.1. The number of nitrogens with one attached hydrogen (secondary N) is 2. The lowest BCUT2D eigenvalue weighted by molar-refractivity contribution is 0.159. The normalized spacial score (nSPS) is 22.9. The van der Waals surface area contributed by atoms with Gasteiger partial charge in [0.25, 0.3) is 0 Å². The van der Waals surface area contributed by atoms with E-state index in [-0.39, 0.29) is 35.7 Å². The van der Waals surface area contributed by atoms with Crippen LogP contribution in [-0.2, 0) is 0 Å². The van der Waals surface area contributed by atoms with Crippen LogP contribution in [0.5, 0.6) is 0 Å². The zero-order valence-corrected chi connectivity index (χ0v) is 20.7. The van der Waals surface area contributed by atoms with Crippen molar-refractivity contribution >= 4 is 35.6 Å². The Kier molecular flexibility index (Phi) is 10.1. The fourth-order valence-corrected chi connectivity index (χ4v) is 4.50. The minimum Gasteiger partial charge on any atom is -0.365 e. The van der Waals surface area contributed by atoms with E-state index in [2.05, 4.69) is 34.4 Å². The second-order valence-electron chi connectivity index (χ2n) is 8.76. The molecule has 2 fully saturated rings. The van der Waals surface area contributed by atoms with E-state index in [0.29, 0.717) is 24.9 Å². The maximum absolute atomic E-state index is 14.1. The van der Waals surface area contributed by atoms with Crippen molar-refractivity contribution in [3.63, 3.8) is 0 Å². The number of guanidine groups is 1. The molecule has 0 radical (unpaired) electrons. The molecule has 2 atom stereocenters. The first-order chi connectivity index (χ1) is 14.0. The molecule has 0 amide bonds. The third kappa shape index (κ3) is 6.93. The van der Waals surface area contributed by atoms with Gasteiger partial charge < -0.3 is 20.4 Å². The number of aliphatic imine (C=N–C) groups is 1. The molecule has 1 aromatic rings. The standard InChI is InChI=1S/C22H35F2N5.HI/c1-16(2)13-28-10-5-6-17(14-28)12-26-22(25-3)27-18-9-11-29(15-18)21-19(23)7-4-8-20(21)24;/h4,7-8,16-18H,5-6,9-15H2,1-3H3,(H2,25,26,27);1H. The van der Waals surface area contributed by atoms with Crippen LogP contribution in [0.3, 0.4) is 0 Å². The van der Waals surface area contributed by atoms with Gasteiger partial charge in [-0.1, -0.05) is 19.9 Å². The first-order valence-corrected chi connectivity index (χ1v) is 10.8. The van der Waals surface area contributed by atoms with Gasteiger partial charge in [-0.05, 0) is 49.8 Å². The van der Waals surface area contributed by atoms with Gasteiger partial charge in [0.2, 0.25) is 0 Å². The summed E-state index contributed by atoms with van der Waals surface area (Å²) in [6, 6.07) is 4.14. The largest absolute Gasteiger partial charge is 0.365 e. The summed E-state index contributed by atoms with van der Waals surface area (Å²) in [5.74, 6) is 1.08. The molecule has 2 aliphatic rings. The van der Waals surface area contributed by atoms with Crippen LogP contribution in [0, 0.1) is 23.5 Å². The maximum Gasteiger partial charge on any atom is 0.191 e. The van der Waals surface area contributed by atoms with Crippen LogP contribution < -0.4 is 15.5 Å². The molecular formula is C22H36F2IN5. The third-order valence-corrected chi connectivity index (χ3v) is 5.79. The number of benzene rings is 1. The van der Waals surface area contributed by atoms with E-state index in [0.717, 1.165) is 32.0 Å². The number of hydrogen-bond donors (Lipinski definition) is 2. The topological polar surface area (TPSA) is 42.9 Å². The highest BCUT2D eigenvalue weighted by molar-refractivity contribution is 14.0. The van der Waals surface area contributed by atoms with E-state index in [1.54, 1.807) is 11.9 Å². The van der Waals surface area contributed by atoms with Gasteiger partial charge in [0.05, 0.1) is 0 Å². The van der Waals surface area contributed by atoms with Crippen molar-refractivity contribution < 1.29 is 8.78 Å². The van der Waals surface area contributed by atoms with E-state index in [4.69, 9.17) is 0 Å². The highest BCUT2D eigenvalue weighted by Crippen LogP contribution is 2.26. The van der Waals surface area contributed by atoms with Gasteiger partial charge in [-0.2, -0.15) is 0 Å². The van der Waals surface area contributed by atoms with Crippen LogP contribution >= 0.6 is 24.0 Å². The predicted octanol–water partition coefficient (Wildman–Crippen LogP) is 3.69. The monoisotopic (exact) mass is 535 g/mol. The Bertz CT molecular complexity index is 680. The number of hydrogen-bond acceptors (Lipinski definition) is 3. The molecule has 2 heterocycles. The average molecular weight is 535 g/mol. The molecule has 0 saturated carbocycles. The van der Waals surface area contributed by atoms with Crippen LogP contribution in [0.1, 0.15) is 33.1 Å². The SMILES string of the molecule is CN=C(NCC1CCCN(CC(C)C)C1)NC1CCN(c2c(F)cccc2F)C1.I. The first-order valence-electron chi connectivity index (χ1n) is 10.8. The molecular weight excluding hydrogens is 499 g/mol. The van der Waals surface area contributed by atoms with Crippen LogP contribution in [0.2, 0.25) is 0 Å². The summed E-state index contributed by atoms with van der Waals surface area (Å²) in [5, 5.41) is 6.89. The second kappa shape index (κ2) is 12.0. The summed E-state index contributed by atoms with van der Waals surface area (Å²) in [4.78, 5) is 8.69. The Morgan fingerprint density at radius 2 is 1.90 bits per heavy atom. The number of likely N-dealkylation sites (tertiary alicyclic amines) is 1. The Labute approximate surface area is 196 Å². The van der Waals surface area contributed by atoms with E-state index < -0.39 is 11.6 Å². The van der Waals surface area contributed by atoms with Crippen LogP contribution in [0.25, 0.3) is 0 Å². The molecule has 0 aromatic heterocycles. The summed E-state index contributed by atoms with van der Waals surface area (Å²) >= 11 is 0. The zero-order valence-electron chi connectivity index (χ0n) is 18.3. The average Bonchev–Trinajstić information content (AvgIpc) is 3.13. The van der Waals surface area contributed by atoms with Crippen molar-refractivity contribution in [3.8, 4) is 0 Å². The molecule has 30 heavy (non-hydrogen) atoms. The van der Waals surface area contributed by atoms with Crippen molar-refractivity contribution in [2.45, 2.75) is 39.2 Å². The van der Waals surface area contributed by atoms with Crippen molar-refractivity contribution in [1.82, 2.24) is 15.5 Å². The Hall–Kier alpha value is -1.16. The van der Waals surface area contributed by atoms with Crippen LogP contribution in [-0.4, -0.2) is 63.2 Å². The zero-order chi connectivity index (χ0) is 20.8. The predicted molar refractivity (Wildman–Crippen MR) is 131 cm³/mol. The highest BCUT2D eigenvalue weighted by atomic mass is 127. The van der Waals surface area contributed by atoms with E-state index >= 15 is 0 Å². The third-order valence-electron chi connectivity index (χ3n) is 5.79. The summed E-state index contributed by atoms with van der Waals surface area (Å²) < 4.78 is 28.1. The number of para-hydroxylation sites is 1. The minimum atomic E-state index is -0.503. The highest BCUT2D eigenvalue weighted by Gasteiger charge is 2.27. The first kappa shape index (κ1) is 25.1. The molecule has 1 aromatic carbocycles. The van der Waals surface area contributed by atoms with E-state index in [1.807, 2.05) is 0 Å². The van der Waals surface area contributed by atoms with Crippen molar-refractivity contribution in [1.29, 1.82) is 0 Å². The van der Waals surface area contributed by atoms with Gasteiger partial charge in [-0.3, -0.25) is 4.99 Å². The Balaban J connectivity index is 0.00000320. The van der Waals surface area contributed by atoms with Crippen molar-refractivity contribution in [3.05, 3.63) is 29.8 Å². The van der Waals surface area contributed by atoms with Gasteiger partial charge >= 0.3 is 0 Å². The summed E-state index contributed by atoms with van der Waals surface area (Å²) in [5.41, 5.74) is 0.0761. The van der Waals surface area contributed by atoms with Gasteiger partial charge in [0, 0.05) is 45.8 Å². The molecule has 8 heteroatoms. The Morgan fingerprint density at radius 1 is 1.17 bits per heavy atom. The molecule has 0 spiro atoms. The fraction of sp³-hybridized carbons (Fsp3) is 0.682. The molecule has 5 nitrogen and oxygen atoms in total. The maximum atomic E-state index is 14.1. The molecule has 2 unspecified atom stereocenters. The minimum absolute atomic E-state index is 0. The van der Waals surface area contributed by atoms with Gasteiger partial charge in [0.1, 0.15) is 17.3 Å². The molecule has 0 bridgehead atoms. The lowest BCUT2D eigenvalue weighted by Gasteiger charge is -2.34. The van der Waals surface area contributed by atoms with Crippen molar-refractivity contribution in [2.24, 2.45) is 16.8 Å². The lowest BCUT2D eigenvalue weighted by Crippen LogP contribution is -2.48. The van der Waals surface area contributed by atoms with Crippen molar-refractivity contribution in [2.75, 3.05) is 51.2 Å². The van der Waals surface area contributed by atoms with Gasteiger partial charge in [0.15, 0.2) is 5.96 Å². The van der Waals surface area contributed by atoms with Gasteiger partial charge in [-0.25, -0.2) is 8.78 Å². The smallest absolute Gasteiger partial charge is 0.191 e. The molecule has 2 saturated heterocycles. The quantitative estimate of drug-likeness (QED) is 0.332. The molecule has 170 valence electrons. The van der Waals surface area contributed by atoms with E-state index in [1.165, 1.54) is 37.6 Å². The number of piperidine rings is 1. The molecule has 2 aliphatic heterocycles. The number of nitrogens with zero attached hydrogens (tertiary/aromatic N) is 3. The summed E-state index contributed by atoms with van der Waals surface area (Å²) in [7, 11) is 1.77. The van der Waals surface area contributed by atoms with Crippen LogP contribution in [0.15, 0.2) is 23.2 Å². The molecule has 2 N–H and O–H groups in total. The summed E-state index contributed by atoms with van der Waals surface area (Å²) in [6.07, 6.45) is 3.30. The number of rotatable bonds is 6. The van der Waals surface area contributed by atoms with Gasteiger partial charge in [-0.15, -0.1) is 24.0 Å². The number of anilines is 1. The number of halogens is 3. The second-order valence-corrected chi connectivity index (χ2v) is 8.76. The van der Waals surface area contributed by atoms with Crippen LogP contribution in [0.4, 0.5) is 14.5 Å². The Morgan fingerprint density at radius 3 is 2.57 bits per heavy atom.